The minimum atomic E-state index is -4.00. The third-order valence-corrected chi connectivity index (χ3v) is 5.77. The van der Waals surface area contributed by atoms with E-state index in [4.69, 9.17) is 5.73 Å². The standard InChI is InChI=1S/C12H16F2N2O2S2/c13-10-1-2-11(12(14)9(10)7-15)20(17,18)16-8-3-5-19-6-4-8/h1-2,8,16H,3-7,15H2. The third kappa shape index (κ3) is 3.30. The molecule has 20 heavy (non-hydrogen) atoms. The maximum absolute atomic E-state index is 14.0. The monoisotopic (exact) mass is 322 g/mol. The van der Waals surface area contributed by atoms with E-state index < -0.39 is 32.1 Å². The Hall–Kier alpha value is -0.700. The summed E-state index contributed by atoms with van der Waals surface area (Å²) in [5.74, 6) is -0.205. The van der Waals surface area contributed by atoms with Crippen LogP contribution in [-0.2, 0) is 16.6 Å². The highest BCUT2D eigenvalue weighted by molar-refractivity contribution is 7.99. The van der Waals surface area contributed by atoms with Crippen LogP contribution in [-0.4, -0.2) is 26.0 Å². The van der Waals surface area contributed by atoms with Crippen molar-refractivity contribution in [2.24, 2.45) is 5.73 Å². The Morgan fingerprint density at radius 1 is 1.30 bits per heavy atom. The fraction of sp³-hybridized carbons (Fsp3) is 0.500. The van der Waals surface area contributed by atoms with Crippen molar-refractivity contribution in [2.75, 3.05) is 11.5 Å². The Morgan fingerprint density at radius 3 is 2.55 bits per heavy atom. The molecule has 1 fully saturated rings. The summed E-state index contributed by atoms with van der Waals surface area (Å²) in [6.07, 6.45) is 1.41. The second-order valence-electron chi connectivity index (χ2n) is 4.55. The van der Waals surface area contributed by atoms with Crippen LogP contribution < -0.4 is 10.5 Å². The van der Waals surface area contributed by atoms with Gasteiger partial charge in [0.05, 0.1) is 0 Å². The van der Waals surface area contributed by atoms with Crippen molar-refractivity contribution in [1.82, 2.24) is 4.72 Å². The van der Waals surface area contributed by atoms with Crippen LogP contribution in [0.1, 0.15) is 18.4 Å². The first-order chi connectivity index (χ1) is 9.45. The SMILES string of the molecule is NCc1c(F)ccc(S(=O)(=O)NC2CCSCC2)c1F. The molecule has 8 heteroatoms. The van der Waals surface area contributed by atoms with Gasteiger partial charge < -0.3 is 5.73 Å². The third-order valence-electron chi connectivity index (χ3n) is 3.19. The summed E-state index contributed by atoms with van der Waals surface area (Å²) < 4.78 is 54.2. The number of benzene rings is 1. The molecule has 3 N–H and O–H groups in total. The summed E-state index contributed by atoms with van der Waals surface area (Å²) in [5, 5.41) is 0. The Balaban J connectivity index is 2.29. The van der Waals surface area contributed by atoms with E-state index in [1.165, 1.54) is 0 Å². The van der Waals surface area contributed by atoms with Gasteiger partial charge in [-0.25, -0.2) is 21.9 Å². The lowest BCUT2D eigenvalue weighted by Gasteiger charge is -2.22. The molecule has 1 saturated heterocycles. The van der Waals surface area contributed by atoms with Gasteiger partial charge in [0.1, 0.15) is 10.7 Å². The van der Waals surface area contributed by atoms with Gasteiger partial charge in [-0.3, -0.25) is 0 Å². The van der Waals surface area contributed by atoms with Gasteiger partial charge in [0.25, 0.3) is 0 Å². The highest BCUT2D eigenvalue weighted by atomic mass is 32.2. The lowest BCUT2D eigenvalue weighted by Crippen LogP contribution is -2.37. The van der Waals surface area contributed by atoms with Gasteiger partial charge in [-0.05, 0) is 36.5 Å². The molecule has 1 aliphatic rings. The molecule has 0 saturated carbocycles. The predicted molar refractivity (Wildman–Crippen MR) is 74.9 cm³/mol. The van der Waals surface area contributed by atoms with Gasteiger partial charge in [-0.1, -0.05) is 0 Å². The van der Waals surface area contributed by atoms with Crippen LogP contribution in [0.25, 0.3) is 0 Å². The number of thioether (sulfide) groups is 1. The first kappa shape index (κ1) is 15.7. The van der Waals surface area contributed by atoms with E-state index in [1.807, 2.05) is 0 Å². The molecule has 2 rings (SSSR count). The molecule has 0 amide bonds. The average molecular weight is 322 g/mol. The molecule has 1 aromatic carbocycles. The van der Waals surface area contributed by atoms with E-state index in [1.54, 1.807) is 11.8 Å². The van der Waals surface area contributed by atoms with Crippen LogP contribution in [0.2, 0.25) is 0 Å². The van der Waals surface area contributed by atoms with E-state index in [0.717, 1.165) is 23.6 Å². The first-order valence-electron chi connectivity index (χ1n) is 6.22. The molecule has 0 atom stereocenters. The summed E-state index contributed by atoms with van der Waals surface area (Å²) in [4.78, 5) is -0.544. The van der Waals surface area contributed by atoms with Crippen LogP contribution in [0.4, 0.5) is 8.78 Å². The fourth-order valence-corrected chi connectivity index (χ4v) is 4.58. The Bertz CT molecular complexity index is 587. The maximum Gasteiger partial charge on any atom is 0.243 e. The largest absolute Gasteiger partial charge is 0.326 e. The molecular weight excluding hydrogens is 306 g/mol. The minimum absolute atomic E-state index is 0.202. The van der Waals surface area contributed by atoms with E-state index >= 15 is 0 Å². The molecule has 0 unspecified atom stereocenters. The molecule has 1 aliphatic heterocycles. The molecule has 4 nitrogen and oxygen atoms in total. The second-order valence-corrected chi connectivity index (χ2v) is 7.46. The zero-order valence-electron chi connectivity index (χ0n) is 10.7. The van der Waals surface area contributed by atoms with Crippen molar-refractivity contribution in [1.29, 1.82) is 0 Å². The predicted octanol–water partition coefficient (Wildman–Crippen LogP) is 1.60. The molecule has 0 radical (unpaired) electrons. The molecule has 0 aromatic heterocycles. The minimum Gasteiger partial charge on any atom is -0.326 e. The summed E-state index contributed by atoms with van der Waals surface area (Å²) in [6, 6.07) is 1.66. The first-order valence-corrected chi connectivity index (χ1v) is 8.86. The second kappa shape index (κ2) is 6.38. The molecule has 1 heterocycles. The van der Waals surface area contributed by atoms with Crippen molar-refractivity contribution >= 4 is 21.8 Å². The van der Waals surface area contributed by atoms with Gasteiger partial charge in [-0.15, -0.1) is 0 Å². The highest BCUT2D eigenvalue weighted by Gasteiger charge is 2.26. The zero-order chi connectivity index (χ0) is 14.8. The topological polar surface area (TPSA) is 72.2 Å². The quantitative estimate of drug-likeness (QED) is 0.883. The smallest absolute Gasteiger partial charge is 0.243 e. The molecule has 0 bridgehead atoms. The lowest BCUT2D eigenvalue weighted by molar-refractivity contribution is 0.508. The fourth-order valence-electron chi connectivity index (χ4n) is 2.07. The van der Waals surface area contributed by atoms with Crippen molar-refractivity contribution in [2.45, 2.75) is 30.3 Å². The molecule has 112 valence electrons. The van der Waals surface area contributed by atoms with Gasteiger partial charge in [0, 0.05) is 18.2 Å². The van der Waals surface area contributed by atoms with Gasteiger partial charge in [0.2, 0.25) is 10.0 Å². The van der Waals surface area contributed by atoms with Gasteiger partial charge in [-0.2, -0.15) is 11.8 Å². The number of sulfonamides is 1. The summed E-state index contributed by atoms with van der Waals surface area (Å²) in [6.45, 7) is -0.388. The zero-order valence-corrected chi connectivity index (χ0v) is 12.4. The Kier molecular flexibility index (Phi) is 5.00. The summed E-state index contributed by atoms with van der Waals surface area (Å²) in [5.41, 5.74) is 4.84. The maximum atomic E-state index is 14.0. The average Bonchev–Trinajstić information content (AvgIpc) is 2.39. The number of halogens is 2. The van der Waals surface area contributed by atoms with E-state index in [2.05, 4.69) is 4.72 Å². The normalized spacial score (nSPS) is 17.4. The number of nitrogens with one attached hydrogen (secondary N) is 1. The van der Waals surface area contributed by atoms with Crippen molar-refractivity contribution in [3.8, 4) is 0 Å². The Labute approximate surface area is 121 Å². The van der Waals surface area contributed by atoms with Crippen molar-refractivity contribution in [3.05, 3.63) is 29.3 Å². The van der Waals surface area contributed by atoms with Gasteiger partial charge >= 0.3 is 0 Å². The summed E-state index contributed by atoms with van der Waals surface area (Å²) in [7, 11) is -4.00. The number of nitrogens with two attached hydrogens (primary N) is 1. The van der Waals surface area contributed by atoms with Crippen molar-refractivity contribution in [3.63, 3.8) is 0 Å². The number of hydrogen-bond donors (Lipinski definition) is 2. The summed E-state index contributed by atoms with van der Waals surface area (Å²) >= 11 is 1.76. The van der Waals surface area contributed by atoms with Gasteiger partial charge in [0.15, 0.2) is 5.82 Å². The number of rotatable bonds is 4. The molecule has 0 aliphatic carbocycles. The highest BCUT2D eigenvalue weighted by Crippen LogP contribution is 2.23. The van der Waals surface area contributed by atoms with E-state index in [0.29, 0.717) is 12.8 Å². The van der Waals surface area contributed by atoms with Crippen LogP contribution in [0.3, 0.4) is 0 Å². The molecule has 0 spiro atoms. The van der Waals surface area contributed by atoms with Crippen LogP contribution in [0, 0.1) is 11.6 Å². The molecule has 1 aromatic rings. The van der Waals surface area contributed by atoms with E-state index in [9.17, 15) is 17.2 Å². The Morgan fingerprint density at radius 2 is 1.95 bits per heavy atom. The number of hydrogen-bond acceptors (Lipinski definition) is 4. The van der Waals surface area contributed by atoms with Crippen LogP contribution in [0.15, 0.2) is 17.0 Å². The lowest BCUT2D eigenvalue weighted by atomic mass is 10.2. The van der Waals surface area contributed by atoms with E-state index in [-0.39, 0.29) is 12.6 Å². The van der Waals surface area contributed by atoms with Crippen molar-refractivity contribution < 1.29 is 17.2 Å². The van der Waals surface area contributed by atoms with Crippen LogP contribution in [0.5, 0.6) is 0 Å². The van der Waals surface area contributed by atoms with Crippen LogP contribution >= 0.6 is 11.8 Å². The molecular formula is C12H16F2N2O2S2.